The second-order valence-electron chi connectivity index (χ2n) is 2.92. The van der Waals surface area contributed by atoms with Crippen LogP contribution in [0.25, 0.3) is 0 Å². The van der Waals surface area contributed by atoms with E-state index in [0.717, 1.165) is 18.7 Å². The van der Waals surface area contributed by atoms with E-state index in [2.05, 4.69) is 31.9 Å². The molecule has 0 saturated carbocycles. The number of carbonyl (C=O) groups excluding carboxylic acids is 1. The van der Waals surface area contributed by atoms with Gasteiger partial charge in [0, 0.05) is 25.6 Å². The van der Waals surface area contributed by atoms with E-state index in [1.807, 2.05) is 22.9 Å². The molecule has 2 aromatic rings. The Morgan fingerprint density at radius 2 is 2.13 bits per heavy atom. The van der Waals surface area contributed by atoms with Gasteiger partial charge in [-0.25, -0.2) is 0 Å². The monoisotopic (exact) mass is 364 g/mol. The molecule has 2 heterocycles. The lowest BCUT2D eigenvalue weighted by Crippen LogP contribution is -1.99. The van der Waals surface area contributed by atoms with Gasteiger partial charge in [-0.15, -0.1) is 22.7 Å². The zero-order valence-corrected chi connectivity index (χ0v) is 12.3. The molecule has 2 rings (SSSR count). The Bertz CT molecular complexity index is 487. The van der Waals surface area contributed by atoms with Crippen LogP contribution < -0.4 is 0 Å². The average Bonchev–Trinajstić information content (AvgIpc) is 2.77. The second kappa shape index (κ2) is 4.91. The largest absolute Gasteiger partial charge is 0.293 e. The molecule has 0 amide bonds. The quantitative estimate of drug-likeness (QED) is 0.716. The Morgan fingerprint density at radius 1 is 1.33 bits per heavy atom. The van der Waals surface area contributed by atoms with E-state index in [4.69, 9.17) is 0 Å². The fourth-order valence-corrected chi connectivity index (χ4v) is 4.00. The van der Waals surface area contributed by atoms with Gasteiger partial charge in [0.25, 0.3) is 0 Å². The zero-order chi connectivity index (χ0) is 10.8. The van der Waals surface area contributed by atoms with Gasteiger partial charge in [0.1, 0.15) is 0 Å². The van der Waals surface area contributed by atoms with Gasteiger partial charge < -0.3 is 0 Å². The van der Waals surface area contributed by atoms with Crippen LogP contribution in [-0.2, 0) is 6.42 Å². The summed E-state index contributed by atoms with van der Waals surface area (Å²) in [5.74, 6) is 0.175. The van der Waals surface area contributed by atoms with Crippen LogP contribution in [0.5, 0.6) is 0 Å². The number of halogens is 2. The predicted molar refractivity (Wildman–Crippen MR) is 72.1 cm³/mol. The van der Waals surface area contributed by atoms with Crippen molar-refractivity contribution in [3.05, 3.63) is 41.6 Å². The van der Waals surface area contributed by atoms with Crippen LogP contribution in [-0.4, -0.2) is 5.78 Å². The molecule has 2 aromatic heterocycles. The van der Waals surface area contributed by atoms with Crippen molar-refractivity contribution in [1.82, 2.24) is 0 Å². The molecule has 0 atom stereocenters. The third-order valence-corrected chi connectivity index (χ3v) is 5.51. The number of Topliss-reactive ketones (excluding diaryl/α,β-unsaturated/α-hetero) is 1. The number of thiophene rings is 2. The molecule has 0 saturated heterocycles. The van der Waals surface area contributed by atoms with Crippen molar-refractivity contribution >= 4 is 60.3 Å². The van der Waals surface area contributed by atoms with Crippen molar-refractivity contribution in [2.75, 3.05) is 0 Å². The van der Waals surface area contributed by atoms with E-state index in [0.29, 0.717) is 6.42 Å². The summed E-state index contributed by atoms with van der Waals surface area (Å²) in [6, 6.07) is 3.84. The minimum Gasteiger partial charge on any atom is -0.293 e. The third-order valence-electron chi connectivity index (χ3n) is 1.85. The summed E-state index contributed by atoms with van der Waals surface area (Å²) in [6.45, 7) is 0. The van der Waals surface area contributed by atoms with Crippen molar-refractivity contribution < 1.29 is 4.79 Å². The number of carbonyl (C=O) groups is 1. The van der Waals surface area contributed by atoms with Gasteiger partial charge in [-0.3, -0.25) is 4.79 Å². The molecule has 0 unspecified atom stereocenters. The van der Waals surface area contributed by atoms with Gasteiger partial charge in [0.2, 0.25) is 0 Å². The number of hydrogen-bond acceptors (Lipinski definition) is 3. The van der Waals surface area contributed by atoms with E-state index in [9.17, 15) is 4.79 Å². The van der Waals surface area contributed by atoms with E-state index in [1.54, 1.807) is 11.3 Å². The van der Waals surface area contributed by atoms with Gasteiger partial charge in [0.05, 0.1) is 4.88 Å². The first-order valence-electron chi connectivity index (χ1n) is 4.16. The minimum atomic E-state index is 0.175. The summed E-state index contributed by atoms with van der Waals surface area (Å²) >= 11 is 9.85. The Hall–Kier alpha value is 0.0300. The summed E-state index contributed by atoms with van der Waals surface area (Å²) in [6.07, 6.45) is 0.477. The molecule has 1 nitrogen and oxygen atoms in total. The van der Waals surface area contributed by atoms with Crippen LogP contribution >= 0.6 is 54.5 Å². The molecule has 5 heteroatoms. The smallest absolute Gasteiger partial charge is 0.178 e. The fourth-order valence-electron chi connectivity index (χ4n) is 1.14. The van der Waals surface area contributed by atoms with Crippen molar-refractivity contribution in [1.29, 1.82) is 0 Å². The highest BCUT2D eigenvalue weighted by atomic mass is 79.9. The van der Waals surface area contributed by atoms with Crippen LogP contribution in [0.15, 0.2) is 31.8 Å². The van der Waals surface area contributed by atoms with Crippen molar-refractivity contribution in [3.8, 4) is 0 Å². The molecule has 0 spiro atoms. The van der Waals surface area contributed by atoms with E-state index in [1.165, 1.54) is 11.3 Å². The topological polar surface area (TPSA) is 17.1 Å². The first-order chi connectivity index (χ1) is 7.16. The van der Waals surface area contributed by atoms with Crippen LogP contribution in [0.3, 0.4) is 0 Å². The Labute approximate surface area is 112 Å². The summed E-state index contributed by atoms with van der Waals surface area (Å²) in [5.41, 5.74) is 0. The summed E-state index contributed by atoms with van der Waals surface area (Å²) in [4.78, 5) is 13.7. The predicted octanol–water partition coefficient (Wildman–Crippen LogP) is 4.76. The number of ketones is 1. The average molecular weight is 366 g/mol. The van der Waals surface area contributed by atoms with Crippen molar-refractivity contribution in [2.45, 2.75) is 6.42 Å². The minimum absolute atomic E-state index is 0.175. The molecular weight excluding hydrogens is 360 g/mol. The molecule has 0 bridgehead atoms. The molecular formula is C10H6Br2OS2. The summed E-state index contributed by atoms with van der Waals surface area (Å²) in [5, 5.41) is 3.91. The molecule has 0 aliphatic heterocycles. The lowest BCUT2D eigenvalue weighted by Gasteiger charge is -1.95. The van der Waals surface area contributed by atoms with Crippen LogP contribution in [0, 0.1) is 0 Å². The van der Waals surface area contributed by atoms with Crippen LogP contribution in [0.1, 0.15) is 14.5 Å². The normalized spacial score (nSPS) is 10.5. The molecule has 0 aliphatic rings. The Balaban J connectivity index is 2.14. The SMILES string of the molecule is O=C(Cc1sccc1Br)c1cc(Br)cs1. The number of hydrogen-bond donors (Lipinski definition) is 0. The molecule has 0 aliphatic carbocycles. The van der Waals surface area contributed by atoms with Crippen LogP contribution in [0.2, 0.25) is 0 Å². The maximum atomic E-state index is 11.9. The highest BCUT2D eigenvalue weighted by molar-refractivity contribution is 9.10. The molecule has 15 heavy (non-hydrogen) atoms. The Kier molecular flexibility index (Phi) is 3.77. The van der Waals surface area contributed by atoms with E-state index >= 15 is 0 Å². The fraction of sp³-hybridized carbons (Fsp3) is 0.100. The maximum Gasteiger partial charge on any atom is 0.178 e. The first-order valence-corrected chi connectivity index (χ1v) is 7.50. The van der Waals surface area contributed by atoms with Crippen molar-refractivity contribution in [3.63, 3.8) is 0 Å². The molecule has 0 radical (unpaired) electrons. The van der Waals surface area contributed by atoms with E-state index < -0.39 is 0 Å². The maximum absolute atomic E-state index is 11.9. The first kappa shape index (κ1) is 11.5. The highest BCUT2D eigenvalue weighted by Crippen LogP contribution is 2.26. The van der Waals surface area contributed by atoms with Crippen molar-refractivity contribution in [2.24, 2.45) is 0 Å². The van der Waals surface area contributed by atoms with Gasteiger partial charge in [0.15, 0.2) is 5.78 Å². The summed E-state index contributed by atoms with van der Waals surface area (Å²) in [7, 11) is 0. The lowest BCUT2D eigenvalue weighted by atomic mass is 10.2. The van der Waals surface area contributed by atoms with Gasteiger partial charge in [-0.1, -0.05) is 0 Å². The standard InChI is InChI=1S/C10H6Br2OS2/c11-6-3-10(15-5-6)8(13)4-9-7(12)1-2-14-9/h1-3,5H,4H2. The molecule has 78 valence electrons. The highest BCUT2D eigenvalue weighted by Gasteiger charge is 2.12. The second-order valence-corrected chi connectivity index (χ2v) is 6.60. The molecule has 0 fully saturated rings. The zero-order valence-electron chi connectivity index (χ0n) is 7.50. The number of rotatable bonds is 3. The van der Waals surface area contributed by atoms with Gasteiger partial charge in [-0.05, 0) is 49.4 Å². The van der Waals surface area contributed by atoms with E-state index in [-0.39, 0.29) is 5.78 Å². The third kappa shape index (κ3) is 2.78. The lowest BCUT2D eigenvalue weighted by molar-refractivity contribution is 0.0997. The summed E-state index contributed by atoms with van der Waals surface area (Å²) < 4.78 is 2.00. The molecule has 0 N–H and O–H groups in total. The van der Waals surface area contributed by atoms with Gasteiger partial charge in [-0.2, -0.15) is 0 Å². The molecule has 0 aromatic carbocycles. The van der Waals surface area contributed by atoms with Crippen LogP contribution in [0.4, 0.5) is 0 Å². The van der Waals surface area contributed by atoms with Gasteiger partial charge >= 0.3 is 0 Å². The Morgan fingerprint density at radius 3 is 2.67 bits per heavy atom.